The fourth-order valence-electron chi connectivity index (χ4n) is 5.35. The van der Waals surface area contributed by atoms with Crippen molar-refractivity contribution in [3.05, 3.63) is 58.6 Å². The molecule has 3 fully saturated rings. The van der Waals surface area contributed by atoms with E-state index in [9.17, 15) is 19.5 Å². The number of aliphatic carboxylic acids is 1. The number of carbonyl (C=O) groups is 2. The molecule has 12 heteroatoms. The number of nitrogens with one attached hydrogen (secondary N) is 2. The molecule has 2 aromatic rings. The lowest BCUT2D eigenvalue weighted by molar-refractivity contribution is -0.160. The minimum Gasteiger partial charge on any atom is -0.481 e. The second-order valence-corrected chi connectivity index (χ2v) is 9.67. The number of nitrogens with zero attached hydrogens (tertiary/aromatic N) is 2. The van der Waals surface area contributed by atoms with Crippen molar-refractivity contribution in [2.24, 2.45) is 11.8 Å². The SMILES string of the molecule is CCNC(=O)Nc1ccn([C@@H]2O[C@H](COCC3CCCC3C(=O)O)C3O[C@H](c4ccccc4)OC32)c(=O)n1. The number of fused-ring (bicyclic) bond motifs is 1. The predicted molar refractivity (Wildman–Crippen MR) is 133 cm³/mol. The number of ether oxygens (including phenoxy) is 4. The van der Waals surface area contributed by atoms with Crippen molar-refractivity contribution in [3.63, 3.8) is 0 Å². The van der Waals surface area contributed by atoms with Gasteiger partial charge in [0, 0.05) is 18.3 Å². The van der Waals surface area contributed by atoms with E-state index in [0.717, 1.165) is 18.4 Å². The van der Waals surface area contributed by atoms with Crippen LogP contribution in [0.3, 0.4) is 0 Å². The molecule has 0 spiro atoms. The number of hydrogen-bond donors (Lipinski definition) is 3. The van der Waals surface area contributed by atoms with E-state index in [2.05, 4.69) is 15.6 Å². The van der Waals surface area contributed by atoms with Crippen LogP contribution in [0.5, 0.6) is 0 Å². The van der Waals surface area contributed by atoms with Gasteiger partial charge >= 0.3 is 17.7 Å². The monoisotopic (exact) mass is 528 g/mol. The van der Waals surface area contributed by atoms with Gasteiger partial charge in [0.25, 0.3) is 0 Å². The molecule has 204 valence electrons. The Morgan fingerprint density at radius 1 is 1.11 bits per heavy atom. The number of aromatic nitrogens is 2. The molecular weight excluding hydrogens is 496 g/mol. The van der Waals surface area contributed by atoms with Crippen LogP contribution >= 0.6 is 0 Å². The molecule has 0 bridgehead atoms. The highest BCUT2D eigenvalue weighted by Gasteiger charge is 2.54. The lowest BCUT2D eigenvalue weighted by atomic mass is 9.97. The summed E-state index contributed by atoms with van der Waals surface area (Å²) in [6.07, 6.45) is 0.664. The molecular formula is C26H32N4O8. The van der Waals surface area contributed by atoms with Gasteiger partial charge in [0.05, 0.1) is 19.1 Å². The van der Waals surface area contributed by atoms with Crippen LogP contribution in [0.15, 0.2) is 47.4 Å². The van der Waals surface area contributed by atoms with Gasteiger partial charge < -0.3 is 29.4 Å². The maximum absolute atomic E-state index is 12.9. The van der Waals surface area contributed by atoms with Gasteiger partial charge in [-0.3, -0.25) is 14.7 Å². The van der Waals surface area contributed by atoms with Gasteiger partial charge in [-0.2, -0.15) is 4.98 Å². The number of carboxylic acids is 1. The molecule has 1 aromatic carbocycles. The van der Waals surface area contributed by atoms with Crippen LogP contribution in [0.1, 0.15) is 44.3 Å². The lowest BCUT2D eigenvalue weighted by Crippen LogP contribution is -2.35. The third kappa shape index (κ3) is 5.58. The summed E-state index contributed by atoms with van der Waals surface area (Å²) in [5, 5.41) is 14.6. The van der Waals surface area contributed by atoms with Crippen LogP contribution < -0.4 is 16.3 Å². The number of amides is 2. The van der Waals surface area contributed by atoms with Crippen molar-refractivity contribution >= 4 is 17.8 Å². The van der Waals surface area contributed by atoms with E-state index in [1.54, 1.807) is 6.92 Å². The predicted octanol–water partition coefficient (Wildman–Crippen LogP) is 2.28. The average molecular weight is 529 g/mol. The fourth-order valence-corrected chi connectivity index (χ4v) is 5.35. The number of anilines is 1. The van der Waals surface area contributed by atoms with E-state index in [1.807, 2.05) is 30.3 Å². The first kappa shape index (κ1) is 26.3. The van der Waals surface area contributed by atoms with Crippen molar-refractivity contribution in [2.75, 3.05) is 25.1 Å². The van der Waals surface area contributed by atoms with Crippen LogP contribution in [0.2, 0.25) is 0 Å². The topological polar surface area (TPSA) is 150 Å². The maximum atomic E-state index is 12.9. The van der Waals surface area contributed by atoms with Crippen molar-refractivity contribution in [3.8, 4) is 0 Å². The van der Waals surface area contributed by atoms with Gasteiger partial charge in [0.15, 0.2) is 12.5 Å². The van der Waals surface area contributed by atoms with Gasteiger partial charge in [-0.05, 0) is 31.7 Å². The van der Waals surface area contributed by atoms with E-state index >= 15 is 0 Å². The summed E-state index contributed by atoms with van der Waals surface area (Å²) in [7, 11) is 0. The molecule has 1 saturated carbocycles. The molecule has 3 heterocycles. The van der Waals surface area contributed by atoms with Crippen LogP contribution in [-0.4, -0.2) is 64.7 Å². The second kappa shape index (κ2) is 11.6. The normalized spacial score (nSPS) is 30.2. The maximum Gasteiger partial charge on any atom is 0.351 e. The quantitative estimate of drug-likeness (QED) is 0.445. The van der Waals surface area contributed by atoms with Crippen molar-refractivity contribution in [2.45, 2.75) is 57.0 Å². The molecule has 5 rings (SSSR count). The van der Waals surface area contributed by atoms with E-state index in [-0.39, 0.29) is 18.3 Å². The Hall–Kier alpha value is -3.32. The molecule has 1 aromatic heterocycles. The first-order valence-electron chi connectivity index (χ1n) is 12.9. The van der Waals surface area contributed by atoms with E-state index in [4.69, 9.17) is 18.9 Å². The number of benzene rings is 1. The third-order valence-corrected chi connectivity index (χ3v) is 7.19. The molecule has 12 nitrogen and oxygen atoms in total. The fraction of sp³-hybridized carbons (Fsp3) is 0.538. The summed E-state index contributed by atoms with van der Waals surface area (Å²) < 4.78 is 25.9. The zero-order chi connectivity index (χ0) is 26.6. The Morgan fingerprint density at radius 2 is 1.89 bits per heavy atom. The number of carboxylic acid groups (broad SMARTS) is 1. The summed E-state index contributed by atoms with van der Waals surface area (Å²) in [4.78, 5) is 40.2. The number of rotatable bonds is 9. The van der Waals surface area contributed by atoms with E-state index in [0.29, 0.717) is 19.6 Å². The standard InChI is InChI=1S/C26H32N4O8/c1-2-27-25(33)28-19-11-12-30(26(34)29-19)22-21-20(37-24(38-21)15-7-4-3-5-8-15)18(36-22)14-35-13-16-9-6-10-17(16)23(31)32/h3-5,7-8,11-12,16-18,20-22,24H,2,6,9-10,13-14H2,1H3,(H,31,32)(H2,27,28,29,33,34)/t16?,17?,18-,20?,21?,22-,24+/m1/s1. The lowest BCUT2D eigenvalue weighted by Gasteiger charge is -2.22. The molecule has 4 unspecified atom stereocenters. The van der Waals surface area contributed by atoms with Crippen LogP contribution in [0.25, 0.3) is 0 Å². The Bertz CT molecular complexity index is 1190. The van der Waals surface area contributed by atoms with Gasteiger partial charge in [-0.1, -0.05) is 36.8 Å². The summed E-state index contributed by atoms with van der Waals surface area (Å²) in [6.45, 7) is 2.68. The molecule has 38 heavy (non-hydrogen) atoms. The highest BCUT2D eigenvalue weighted by atomic mass is 16.8. The minimum atomic E-state index is -0.834. The van der Waals surface area contributed by atoms with Crippen molar-refractivity contribution in [1.82, 2.24) is 14.9 Å². The first-order valence-corrected chi connectivity index (χ1v) is 12.9. The second-order valence-electron chi connectivity index (χ2n) is 9.67. The van der Waals surface area contributed by atoms with Crippen LogP contribution in [0, 0.1) is 11.8 Å². The smallest absolute Gasteiger partial charge is 0.351 e. The van der Waals surface area contributed by atoms with Crippen molar-refractivity contribution in [1.29, 1.82) is 0 Å². The molecule has 3 N–H and O–H groups in total. The molecule has 2 saturated heterocycles. The third-order valence-electron chi connectivity index (χ3n) is 7.19. The molecule has 2 amide bonds. The van der Waals surface area contributed by atoms with Crippen molar-refractivity contribution < 1.29 is 33.6 Å². The Morgan fingerprint density at radius 3 is 2.63 bits per heavy atom. The van der Waals surface area contributed by atoms with Crippen LogP contribution in [-0.2, 0) is 23.7 Å². The Kier molecular flexibility index (Phi) is 8.03. The largest absolute Gasteiger partial charge is 0.481 e. The number of carbonyl (C=O) groups excluding carboxylic acids is 1. The average Bonchev–Trinajstić information content (AvgIpc) is 3.62. The van der Waals surface area contributed by atoms with Gasteiger partial charge in [-0.25, -0.2) is 9.59 Å². The van der Waals surface area contributed by atoms with Gasteiger partial charge in [-0.15, -0.1) is 0 Å². The summed E-state index contributed by atoms with van der Waals surface area (Å²) in [6, 6.07) is 10.5. The van der Waals surface area contributed by atoms with Gasteiger partial charge in [0.1, 0.15) is 24.1 Å². The number of hydrogen-bond acceptors (Lipinski definition) is 8. The van der Waals surface area contributed by atoms with Gasteiger partial charge in [0.2, 0.25) is 0 Å². The van der Waals surface area contributed by atoms with E-state index < -0.39 is 54.4 Å². The minimum absolute atomic E-state index is 0.0462. The summed E-state index contributed by atoms with van der Waals surface area (Å²) >= 11 is 0. The molecule has 0 radical (unpaired) electrons. The molecule has 2 aliphatic heterocycles. The summed E-state index contributed by atoms with van der Waals surface area (Å²) in [5.74, 6) is -1.12. The molecule has 1 aliphatic carbocycles. The summed E-state index contributed by atoms with van der Waals surface area (Å²) in [5.41, 5.74) is 0.217. The zero-order valence-electron chi connectivity index (χ0n) is 21.0. The highest BCUT2D eigenvalue weighted by Crippen LogP contribution is 2.44. The number of urea groups is 1. The highest BCUT2D eigenvalue weighted by molar-refractivity contribution is 5.87. The van der Waals surface area contributed by atoms with Crippen LogP contribution in [0.4, 0.5) is 10.6 Å². The zero-order valence-corrected chi connectivity index (χ0v) is 21.0. The molecule has 7 atom stereocenters. The Balaban J connectivity index is 1.31. The van der Waals surface area contributed by atoms with E-state index in [1.165, 1.54) is 16.8 Å². The Labute approximate surface area is 219 Å². The molecule has 3 aliphatic rings. The first-order chi connectivity index (χ1) is 18.4.